The SMILES string of the molecule is Cc1cccc(C[NH+]2CC[NH+]([C@@H](C)c3nc4ccccc4c(=O)[nH]3)CC2)c1. The van der Waals surface area contributed by atoms with Gasteiger partial charge in [-0.15, -0.1) is 0 Å². The van der Waals surface area contributed by atoms with Crippen LogP contribution >= 0.6 is 0 Å². The van der Waals surface area contributed by atoms with E-state index in [2.05, 4.69) is 43.1 Å². The van der Waals surface area contributed by atoms with Gasteiger partial charge < -0.3 is 14.8 Å². The van der Waals surface area contributed by atoms with Crippen LogP contribution in [0.15, 0.2) is 53.3 Å². The summed E-state index contributed by atoms with van der Waals surface area (Å²) < 4.78 is 0. The molecule has 0 amide bonds. The minimum absolute atomic E-state index is 0.0365. The maximum Gasteiger partial charge on any atom is 0.258 e. The van der Waals surface area contributed by atoms with Gasteiger partial charge in [-0.25, -0.2) is 4.98 Å². The number of quaternary nitrogens is 2. The summed E-state index contributed by atoms with van der Waals surface area (Å²) in [5.74, 6) is 0.802. The van der Waals surface area contributed by atoms with Crippen molar-refractivity contribution in [1.29, 1.82) is 0 Å². The Hall–Kier alpha value is -2.50. The highest BCUT2D eigenvalue weighted by Crippen LogP contribution is 2.09. The molecule has 5 nitrogen and oxygen atoms in total. The van der Waals surface area contributed by atoms with Gasteiger partial charge >= 0.3 is 0 Å². The van der Waals surface area contributed by atoms with Gasteiger partial charge in [-0.05, 0) is 26.0 Å². The minimum atomic E-state index is -0.0365. The van der Waals surface area contributed by atoms with Crippen LogP contribution in [0.5, 0.6) is 0 Å². The van der Waals surface area contributed by atoms with E-state index in [4.69, 9.17) is 4.98 Å². The summed E-state index contributed by atoms with van der Waals surface area (Å²) in [5.41, 5.74) is 3.50. The van der Waals surface area contributed by atoms with E-state index in [1.165, 1.54) is 16.0 Å². The molecule has 3 aromatic rings. The van der Waals surface area contributed by atoms with E-state index in [-0.39, 0.29) is 11.6 Å². The smallest absolute Gasteiger partial charge is 0.258 e. The molecule has 1 fully saturated rings. The largest absolute Gasteiger partial charge is 0.322 e. The van der Waals surface area contributed by atoms with Crippen LogP contribution in [0.3, 0.4) is 0 Å². The molecule has 27 heavy (non-hydrogen) atoms. The second-order valence-corrected chi connectivity index (χ2v) is 7.76. The summed E-state index contributed by atoms with van der Waals surface area (Å²) in [6, 6.07) is 16.6. The molecule has 0 bridgehead atoms. The number of H-pyrrole nitrogens is 1. The van der Waals surface area contributed by atoms with Crippen LogP contribution in [-0.2, 0) is 6.54 Å². The molecule has 5 heteroatoms. The maximum absolute atomic E-state index is 12.4. The summed E-state index contributed by atoms with van der Waals surface area (Å²) in [7, 11) is 0. The lowest BCUT2D eigenvalue weighted by Gasteiger charge is -2.32. The van der Waals surface area contributed by atoms with Crippen molar-refractivity contribution in [1.82, 2.24) is 9.97 Å². The predicted octanol–water partition coefficient (Wildman–Crippen LogP) is 0.276. The quantitative estimate of drug-likeness (QED) is 0.623. The van der Waals surface area contributed by atoms with Gasteiger partial charge in [-0.1, -0.05) is 42.0 Å². The van der Waals surface area contributed by atoms with E-state index in [9.17, 15) is 4.79 Å². The topological polar surface area (TPSA) is 54.6 Å². The lowest BCUT2D eigenvalue weighted by atomic mass is 10.1. The molecule has 1 aliphatic rings. The third kappa shape index (κ3) is 3.94. The molecule has 0 radical (unpaired) electrons. The van der Waals surface area contributed by atoms with Gasteiger partial charge in [0.25, 0.3) is 5.56 Å². The number of fused-ring (bicyclic) bond motifs is 1. The number of para-hydroxylation sites is 1. The molecule has 1 aliphatic heterocycles. The maximum atomic E-state index is 12.4. The van der Waals surface area contributed by atoms with Crippen LogP contribution < -0.4 is 15.4 Å². The minimum Gasteiger partial charge on any atom is -0.322 e. The van der Waals surface area contributed by atoms with E-state index in [0.717, 1.165) is 44.1 Å². The van der Waals surface area contributed by atoms with Crippen molar-refractivity contribution in [3.63, 3.8) is 0 Å². The molecule has 0 aliphatic carbocycles. The van der Waals surface area contributed by atoms with E-state index in [1.807, 2.05) is 24.3 Å². The van der Waals surface area contributed by atoms with Crippen molar-refractivity contribution >= 4 is 10.9 Å². The average Bonchev–Trinajstić information content (AvgIpc) is 2.68. The molecular weight excluding hydrogens is 336 g/mol. The number of nitrogens with zero attached hydrogens (tertiary/aromatic N) is 1. The van der Waals surface area contributed by atoms with Crippen LogP contribution in [0, 0.1) is 6.92 Å². The van der Waals surface area contributed by atoms with Crippen LogP contribution in [0.4, 0.5) is 0 Å². The summed E-state index contributed by atoms with van der Waals surface area (Å²) >= 11 is 0. The fourth-order valence-corrected chi connectivity index (χ4v) is 4.15. The Labute approximate surface area is 159 Å². The normalized spacial score (nSPS) is 21.3. The molecule has 1 aromatic heterocycles. The van der Waals surface area contributed by atoms with E-state index in [0.29, 0.717) is 5.39 Å². The van der Waals surface area contributed by atoms with Crippen LogP contribution in [0.25, 0.3) is 10.9 Å². The summed E-state index contributed by atoms with van der Waals surface area (Å²) in [5, 5.41) is 0.663. The first-order valence-corrected chi connectivity index (χ1v) is 9.83. The fraction of sp³-hybridized carbons (Fsp3) is 0.364. The van der Waals surface area contributed by atoms with Crippen LogP contribution in [0.1, 0.15) is 29.9 Å². The highest BCUT2D eigenvalue weighted by molar-refractivity contribution is 5.77. The van der Waals surface area contributed by atoms with E-state index in [1.54, 1.807) is 4.90 Å². The lowest BCUT2D eigenvalue weighted by Crippen LogP contribution is -3.27. The van der Waals surface area contributed by atoms with Crippen molar-refractivity contribution in [2.45, 2.75) is 26.4 Å². The number of aryl methyl sites for hydroxylation is 1. The first-order chi connectivity index (χ1) is 13.1. The van der Waals surface area contributed by atoms with Gasteiger partial charge in [0.2, 0.25) is 0 Å². The Balaban J connectivity index is 1.43. The van der Waals surface area contributed by atoms with Crippen molar-refractivity contribution in [3.8, 4) is 0 Å². The number of nitrogens with one attached hydrogen (secondary N) is 3. The fourth-order valence-electron chi connectivity index (χ4n) is 4.15. The van der Waals surface area contributed by atoms with Gasteiger partial charge in [0.05, 0.1) is 10.9 Å². The third-order valence-corrected chi connectivity index (χ3v) is 5.79. The predicted molar refractivity (Wildman–Crippen MR) is 107 cm³/mol. The van der Waals surface area contributed by atoms with E-state index >= 15 is 0 Å². The zero-order chi connectivity index (χ0) is 18.8. The van der Waals surface area contributed by atoms with Crippen molar-refractivity contribution in [2.75, 3.05) is 26.2 Å². The molecule has 3 N–H and O–H groups in total. The molecule has 2 heterocycles. The zero-order valence-corrected chi connectivity index (χ0v) is 16.1. The number of aromatic nitrogens is 2. The lowest BCUT2D eigenvalue weighted by molar-refractivity contribution is -1.03. The number of aromatic amines is 1. The van der Waals surface area contributed by atoms with Crippen molar-refractivity contribution in [2.24, 2.45) is 0 Å². The van der Waals surface area contributed by atoms with Crippen molar-refractivity contribution in [3.05, 3.63) is 75.8 Å². The van der Waals surface area contributed by atoms with Crippen LogP contribution in [-0.4, -0.2) is 36.1 Å². The number of rotatable bonds is 4. The first kappa shape index (κ1) is 17.9. The molecule has 2 aromatic carbocycles. The first-order valence-electron chi connectivity index (χ1n) is 9.83. The molecule has 0 saturated carbocycles. The Kier molecular flexibility index (Phi) is 5.05. The number of piperazine rings is 1. The zero-order valence-electron chi connectivity index (χ0n) is 16.1. The summed E-state index contributed by atoms with van der Waals surface area (Å²) in [6.45, 7) is 9.90. The second kappa shape index (κ2) is 7.62. The third-order valence-electron chi connectivity index (χ3n) is 5.79. The van der Waals surface area contributed by atoms with Gasteiger partial charge in [0, 0.05) is 5.56 Å². The Bertz CT molecular complexity index is 989. The number of hydrogen-bond acceptors (Lipinski definition) is 2. The summed E-state index contributed by atoms with van der Waals surface area (Å²) in [4.78, 5) is 23.2. The molecule has 0 unspecified atom stereocenters. The molecule has 140 valence electrons. The molecule has 4 rings (SSSR count). The highest BCUT2D eigenvalue weighted by Gasteiger charge is 2.29. The molecular formula is C22H28N4O+2. The average molecular weight is 364 g/mol. The molecule has 0 spiro atoms. The van der Waals surface area contributed by atoms with Crippen LogP contribution in [0.2, 0.25) is 0 Å². The standard InChI is InChI=1S/C22H26N4O/c1-16-6-5-7-18(14-16)15-25-10-12-26(13-11-25)17(2)21-23-20-9-4-3-8-19(20)22(27)24-21/h3-9,14,17H,10-13,15H2,1-2H3,(H,23,24,27)/p+2/t17-/m0/s1. The molecule has 1 atom stereocenters. The van der Waals surface area contributed by atoms with Gasteiger partial charge in [0.1, 0.15) is 38.8 Å². The Morgan fingerprint density at radius 3 is 2.63 bits per heavy atom. The second-order valence-electron chi connectivity index (χ2n) is 7.76. The van der Waals surface area contributed by atoms with Crippen molar-refractivity contribution < 1.29 is 9.80 Å². The Morgan fingerprint density at radius 1 is 1.07 bits per heavy atom. The number of hydrogen-bond donors (Lipinski definition) is 3. The molecule has 1 saturated heterocycles. The van der Waals surface area contributed by atoms with Gasteiger partial charge in [-0.2, -0.15) is 0 Å². The summed E-state index contributed by atoms with van der Waals surface area (Å²) in [6.07, 6.45) is 0. The van der Waals surface area contributed by atoms with Gasteiger partial charge in [0.15, 0.2) is 5.82 Å². The van der Waals surface area contributed by atoms with E-state index < -0.39 is 0 Å². The number of benzene rings is 2. The Morgan fingerprint density at radius 2 is 1.85 bits per heavy atom. The monoisotopic (exact) mass is 364 g/mol. The van der Waals surface area contributed by atoms with Gasteiger partial charge in [-0.3, -0.25) is 4.79 Å². The highest BCUT2D eigenvalue weighted by atomic mass is 16.1.